The van der Waals surface area contributed by atoms with E-state index in [1.54, 1.807) is 7.11 Å². The Bertz CT molecular complexity index is 326. The molecule has 0 saturated carbocycles. The molecule has 0 spiro atoms. The van der Waals surface area contributed by atoms with Crippen molar-refractivity contribution in [3.63, 3.8) is 0 Å². The van der Waals surface area contributed by atoms with Crippen LogP contribution in [-0.4, -0.2) is 25.4 Å². The Morgan fingerprint density at radius 3 is 3.13 bits per heavy atom. The lowest BCUT2D eigenvalue weighted by molar-refractivity contribution is 0.404. The third-order valence-electron chi connectivity index (χ3n) is 2.69. The van der Waals surface area contributed by atoms with E-state index in [4.69, 9.17) is 4.74 Å². The molecule has 0 bridgehead atoms. The number of ether oxygens (including phenoxy) is 1. The van der Waals surface area contributed by atoms with Crippen LogP contribution in [0, 0.1) is 0 Å². The lowest BCUT2D eigenvalue weighted by Gasteiger charge is -2.25. The number of likely N-dealkylation sites (N-methyl/N-ethyl adjacent to an activating group) is 1. The van der Waals surface area contributed by atoms with E-state index in [0.717, 1.165) is 24.5 Å². The van der Waals surface area contributed by atoms with Crippen LogP contribution in [0.4, 0.5) is 0 Å². The average molecular weight is 223 g/mol. The van der Waals surface area contributed by atoms with Crippen LogP contribution in [0.1, 0.15) is 12.5 Å². The molecule has 0 amide bonds. The summed E-state index contributed by atoms with van der Waals surface area (Å²) in [5.74, 6) is 2.19. The molecule has 1 heterocycles. The Kier molecular flexibility index (Phi) is 3.54. The second kappa shape index (κ2) is 4.90. The van der Waals surface area contributed by atoms with E-state index in [1.807, 2.05) is 17.8 Å². The van der Waals surface area contributed by atoms with Gasteiger partial charge in [-0.15, -0.1) is 11.8 Å². The Morgan fingerprint density at radius 2 is 2.40 bits per heavy atom. The molecule has 2 rings (SSSR count). The SMILES string of the molecule is CCNC1CSc2cccc(OC)c2C1. The Hall–Kier alpha value is -0.670. The molecule has 0 fully saturated rings. The minimum atomic E-state index is 0.587. The summed E-state index contributed by atoms with van der Waals surface area (Å²) in [6, 6.07) is 6.89. The summed E-state index contributed by atoms with van der Waals surface area (Å²) in [5, 5.41) is 3.50. The van der Waals surface area contributed by atoms with Crippen molar-refractivity contribution in [1.29, 1.82) is 0 Å². The van der Waals surface area contributed by atoms with Gasteiger partial charge in [-0.2, -0.15) is 0 Å². The number of thioether (sulfide) groups is 1. The summed E-state index contributed by atoms with van der Waals surface area (Å²) < 4.78 is 5.40. The van der Waals surface area contributed by atoms with Gasteiger partial charge in [-0.1, -0.05) is 13.0 Å². The predicted octanol–water partition coefficient (Wildman–Crippen LogP) is 2.32. The fourth-order valence-electron chi connectivity index (χ4n) is 1.99. The molecule has 3 heteroatoms. The molecule has 0 aromatic heterocycles. The van der Waals surface area contributed by atoms with Gasteiger partial charge in [0.15, 0.2) is 0 Å². The van der Waals surface area contributed by atoms with Gasteiger partial charge in [0.1, 0.15) is 5.75 Å². The van der Waals surface area contributed by atoms with E-state index >= 15 is 0 Å². The molecule has 0 radical (unpaired) electrons. The van der Waals surface area contributed by atoms with Gasteiger partial charge < -0.3 is 10.1 Å². The molecule has 2 nitrogen and oxygen atoms in total. The van der Waals surface area contributed by atoms with Crippen molar-refractivity contribution in [1.82, 2.24) is 5.32 Å². The number of hydrogen-bond acceptors (Lipinski definition) is 3. The molecule has 0 aliphatic carbocycles. The van der Waals surface area contributed by atoms with Gasteiger partial charge in [0.05, 0.1) is 7.11 Å². The van der Waals surface area contributed by atoms with Crippen molar-refractivity contribution in [2.75, 3.05) is 19.4 Å². The highest BCUT2D eigenvalue weighted by Gasteiger charge is 2.20. The van der Waals surface area contributed by atoms with E-state index in [0.29, 0.717) is 6.04 Å². The number of nitrogens with one attached hydrogen (secondary N) is 1. The predicted molar refractivity (Wildman–Crippen MR) is 64.9 cm³/mol. The van der Waals surface area contributed by atoms with Crippen molar-refractivity contribution in [2.24, 2.45) is 0 Å². The van der Waals surface area contributed by atoms with Gasteiger partial charge in [-0.3, -0.25) is 0 Å². The largest absolute Gasteiger partial charge is 0.496 e. The fourth-order valence-corrected chi connectivity index (χ4v) is 3.14. The highest BCUT2D eigenvalue weighted by molar-refractivity contribution is 7.99. The molecule has 1 unspecified atom stereocenters. The van der Waals surface area contributed by atoms with Crippen LogP contribution in [0.15, 0.2) is 23.1 Å². The quantitative estimate of drug-likeness (QED) is 0.849. The highest BCUT2D eigenvalue weighted by Crippen LogP contribution is 2.35. The van der Waals surface area contributed by atoms with Gasteiger partial charge in [0.2, 0.25) is 0 Å². The molecular weight excluding hydrogens is 206 g/mol. The van der Waals surface area contributed by atoms with Crippen LogP contribution in [0.5, 0.6) is 5.75 Å². The molecule has 0 saturated heterocycles. The first kappa shape index (κ1) is 10.8. The first-order valence-electron chi connectivity index (χ1n) is 5.37. The molecule has 1 atom stereocenters. The van der Waals surface area contributed by atoms with Crippen molar-refractivity contribution < 1.29 is 4.74 Å². The minimum Gasteiger partial charge on any atom is -0.496 e. The maximum atomic E-state index is 5.40. The number of benzene rings is 1. The Balaban J connectivity index is 2.22. The molecule has 1 aromatic rings. The zero-order chi connectivity index (χ0) is 10.7. The third-order valence-corrected chi connectivity index (χ3v) is 3.96. The molecule has 1 aliphatic heterocycles. The standard InChI is InChI=1S/C12H17NOS/c1-3-13-9-7-10-11(14-2)5-4-6-12(10)15-8-9/h4-6,9,13H,3,7-8H2,1-2H3. The summed E-state index contributed by atoms with van der Waals surface area (Å²) in [4.78, 5) is 1.38. The number of hydrogen-bond donors (Lipinski definition) is 1. The van der Waals surface area contributed by atoms with Gasteiger partial charge in [-0.25, -0.2) is 0 Å². The molecule has 1 aliphatic rings. The molecule has 1 N–H and O–H groups in total. The zero-order valence-electron chi connectivity index (χ0n) is 9.25. The second-order valence-corrected chi connectivity index (χ2v) is 4.77. The maximum Gasteiger partial charge on any atom is 0.123 e. The van der Waals surface area contributed by atoms with E-state index in [2.05, 4.69) is 24.4 Å². The third kappa shape index (κ3) is 2.29. The van der Waals surface area contributed by atoms with Crippen LogP contribution >= 0.6 is 11.8 Å². The van der Waals surface area contributed by atoms with Crippen molar-refractivity contribution in [3.8, 4) is 5.75 Å². The summed E-state index contributed by atoms with van der Waals surface area (Å²) in [6.45, 7) is 3.19. The number of methoxy groups -OCH3 is 1. The number of fused-ring (bicyclic) bond motifs is 1. The Morgan fingerprint density at radius 1 is 1.53 bits per heavy atom. The van der Waals surface area contributed by atoms with Crippen LogP contribution in [0.2, 0.25) is 0 Å². The van der Waals surface area contributed by atoms with Crippen LogP contribution < -0.4 is 10.1 Å². The smallest absolute Gasteiger partial charge is 0.123 e. The normalized spacial score (nSPS) is 19.7. The van der Waals surface area contributed by atoms with Gasteiger partial charge in [0, 0.05) is 22.3 Å². The molecule has 1 aromatic carbocycles. The van der Waals surface area contributed by atoms with Crippen LogP contribution in [0.3, 0.4) is 0 Å². The van der Waals surface area contributed by atoms with Crippen molar-refractivity contribution in [2.45, 2.75) is 24.3 Å². The highest BCUT2D eigenvalue weighted by atomic mass is 32.2. The van der Waals surface area contributed by atoms with Gasteiger partial charge >= 0.3 is 0 Å². The summed E-state index contributed by atoms with van der Waals surface area (Å²) in [6.07, 6.45) is 1.08. The first-order valence-corrected chi connectivity index (χ1v) is 6.35. The van der Waals surface area contributed by atoms with Crippen molar-refractivity contribution in [3.05, 3.63) is 23.8 Å². The van der Waals surface area contributed by atoms with E-state index in [-0.39, 0.29) is 0 Å². The second-order valence-electron chi connectivity index (χ2n) is 3.71. The lowest BCUT2D eigenvalue weighted by Crippen LogP contribution is -2.35. The lowest BCUT2D eigenvalue weighted by atomic mass is 10.1. The maximum absolute atomic E-state index is 5.40. The summed E-state index contributed by atoms with van der Waals surface area (Å²) in [5.41, 5.74) is 1.36. The topological polar surface area (TPSA) is 21.3 Å². The van der Waals surface area contributed by atoms with E-state index in [1.165, 1.54) is 10.5 Å². The fraction of sp³-hybridized carbons (Fsp3) is 0.500. The molecule has 82 valence electrons. The first-order chi connectivity index (χ1) is 7.35. The molecule has 15 heavy (non-hydrogen) atoms. The summed E-state index contributed by atoms with van der Waals surface area (Å²) in [7, 11) is 1.75. The Labute approximate surface area is 95.4 Å². The number of rotatable bonds is 3. The zero-order valence-corrected chi connectivity index (χ0v) is 10.1. The van der Waals surface area contributed by atoms with Gasteiger partial charge in [-0.05, 0) is 25.1 Å². The summed E-state index contributed by atoms with van der Waals surface area (Å²) >= 11 is 1.92. The molecular formula is C12H17NOS. The van der Waals surface area contributed by atoms with Crippen LogP contribution in [-0.2, 0) is 6.42 Å². The van der Waals surface area contributed by atoms with Crippen molar-refractivity contribution >= 4 is 11.8 Å². The average Bonchev–Trinajstić information content (AvgIpc) is 2.28. The van der Waals surface area contributed by atoms with E-state index in [9.17, 15) is 0 Å². The monoisotopic (exact) mass is 223 g/mol. The van der Waals surface area contributed by atoms with Gasteiger partial charge in [0.25, 0.3) is 0 Å². The van der Waals surface area contributed by atoms with E-state index < -0.39 is 0 Å². The minimum absolute atomic E-state index is 0.587. The van der Waals surface area contributed by atoms with Crippen LogP contribution in [0.25, 0.3) is 0 Å².